The van der Waals surface area contributed by atoms with Crippen molar-refractivity contribution in [3.8, 4) is 17.2 Å². The Balaban J connectivity index is 1.83. The van der Waals surface area contributed by atoms with Gasteiger partial charge in [-0.1, -0.05) is 18.2 Å². The molecule has 3 aromatic carbocycles. The van der Waals surface area contributed by atoms with Crippen LogP contribution in [0.5, 0.6) is 17.2 Å². The lowest BCUT2D eigenvalue weighted by molar-refractivity contribution is 0.303. The Kier molecular flexibility index (Phi) is 5.38. The van der Waals surface area contributed by atoms with Gasteiger partial charge in [-0.15, -0.1) is 0 Å². The van der Waals surface area contributed by atoms with Crippen LogP contribution in [0.2, 0.25) is 0 Å². The molecule has 0 bridgehead atoms. The summed E-state index contributed by atoms with van der Waals surface area (Å²) in [5.41, 5.74) is -1.33. The third-order valence-corrected chi connectivity index (χ3v) is 4.54. The first-order valence-corrected chi connectivity index (χ1v) is 8.75. The smallest absolute Gasteiger partial charge is 0.473 e. The molecular formula is C18H12B3F3O6. The minimum absolute atomic E-state index is 0.442. The van der Waals surface area contributed by atoms with Gasteiger partial charge >= 0.3 is 21.4 Å². The summed E-state index contributed by atoms with van der Waals surface area (Å²) in [7, 11) is -5.06. The second-order valence-electron chi connectivity index (χ2n) is 6.42. The molecule has 0 saturated carbocycles. The summed E-state index contributed by atoms with van der Waals surface area (Å²) in [5.74, 6) is -4.32. The van der Waals surface area contributed by atoms with Crippen molar-refractivity contribution in [2.45, 2.75) is 0 Å². The molecule has 6 nitrogen and oxygen atoms in total. The van der Waals surface area contributed by atoms with Gasteiger partial charge in [0, 0.05) is 0 Å². The third kappa shape index (κ3) is 3.60. The zero-order chi connectivity index (χ0) is 21.4. The summed E-state index contributed by atoms with van der Waals surface area (Å²) in [4.78, 5) is 0. The minimum atomic E-state index is -1.69. The maximum Gasteiger partial charge on any atom is 0.473 e. The molecule has 1 fully saturated rings. The molecule has 0 aromatic heterocycles. The summed E-state index contributed by atoms with van der Waals surface area (Å²) >= 11 is 0. The lowest BCUT2D eigenvalue weighted by Crippen LogP contribution is -2.62. The molecule has 4 rings (SSSR count). The Morgan fingerprint density at radius 3 is 1.00 bits per heavy atom. The summed E-state index contributed by atoms with van der Waals surface area (Å²) in [6, 6.07) is 10.3. The molecule has 12 heteroatoms. The van der Waals surface area contributed by atoms with E-state index in [9.17, 15) is 28.5 Å². The third-order valence-electron chi connectivity index (χ3n) is 4.54. The van der Waals surface area contributed by atoms with E-state index in [0.717, 1.165) is 18.2 Å². The standard InChI is InChI=1S/C18H12B3F3O6/c22-10-4-1-7-13(25)16(10)19-28-20(17-11(23)5-2-8-14(17)26)30-21(29-19)18-12(24)6-3-9-15(18)27/h1-9,25-27H. The predicted molar refractivity (Wildman–Crippen MR) is 104 cm³/mol. The molecule has 0 aliphatic carbocycles. The zero-order valence-corrected chi connectivity index (χ0v) is 15.1. The normalized spacial score (nSPS) is 14.3. The largest absolute Gasteiger partial charge is 0.508 e. The summed E-state index contributed by atoms with van der Waals surface area (Å²) in [6.45, 7) is 0. The van der Waals surface area contributed by atoms with Crippen molar-refractivity contribution in [1.29, 1.82) is 0 Å². The Labute approximate surface area is 169 Å². The average molecular weight is 414 g/mol. The second kappa shape index (κ2) is 7.98. The lowest BCUT2D eigenvalue weighted by Gasteiger charge is -2.32. The van der Waals surface area contributed by atoms with Crippen LogP contribution in [0.25, 0.3) is 0 Å². The topological polar surface area (TPSA) is 88.4 Å². The van der Waals surface area contributed by atoms with Gasteiger partial charge < -0.3 is 29.0 Å². The average Bonchev–Trinajstić information content (AvgIpc) is 2.67. The molecule has 3 N–H and O–H groups in total. The van der Waals surface area contributed by atoms with E-state index < -0.39 is 72.4 Å². The van der Waals surface area contributed by atoms with Crippen LogP contribution in [0.1, 0.15) is 0 Å². The molecule has 1 aliphatic heterocycles. The Morgan fingerprint density at radius 1 is 0.500 bits per heavy atom. The number of hydrogen-bond donors (Lipinski definition) is 3. The molecule has 30 heavy (non-hydrogen) atoms. The molecule has 1 aliphatic rings. The van der Waals surface area contributed by atoms with E-state index in [1.165, 1.54) is 36.4 Å². The highest BCUT2D eigenvalue weighted by molar-refractivity contribution is 6.88. The van der Waals surface area contributed by atoms with Crippen molar-refractivity contribution in [3.05, 3.63) is 72.0 Å². The number of aromatic hydroxyl groups is 3. The van der Waals surface area contributed by atoms with E-state index in [2.05, 4.69) is 0 Å². The number of phenols is 3. The van der Waals surface area contributed by atoms with Crippen LogP contribution in [0.3, 0.4) is 0 Å². The minimum Gasteiger partial charge on any atom is -0.508 e. The van der Waals surface area contributed by atoms with E-state index in [-0.39, 0.29) is 0 Å². The number of benzene rings is 3. The van der Waals surface area contributed by atoms with Gasteiger partial charge in [-0.25, -0.2) is 13.2 Å². The van der Waals surface area contributed by atoms with Crippen molar-refractivity contribution in [3.63, 3.8) is 0 Å². The van der Waals surface area contributed by atoms with E-state index in [1.54, 1.807) is 0 Å². The summed E-state index contributed by atoms with van der Waals surface area (Å²) in [5, 5.41) is 30.3. The van der Waals surface area contributed by atoms with Gasteiger partial charge in [-0.3, -0.25) is 0 Å². The van der Waals surface area contributed by atoms with Gasteiger partial charge in [0.15, 0.2) is 0 Å². The highest BCUT2D eigenvalue weighted by Crippen LogP contribution is 2.21. The van der Waals surface area contributed by atoms with Crippen LogP contribution in [-0.4, -0.2) is 36.7 Å². The van der Waals surface area contributed by atoms with E-state index in [1.807, 2.05) is 0 Å². The first-order valence-electron chi connectivity index (χ1n) is 8.75. The fraction of sp³-hybridized carbons (Fsp3) is 0. The van der Waals surface area contributed by atoms with Crippen molar-refractivity contribution in [2.75, 3.05) is 0 Å². The fourth-order valence-corrected chi connectivity index (χ4v) is 3.12. The van der Waals surface area contributed by atoms with Gasteiger partial charge in [0.1, 0.15) is 34.7 Å². The highest BCUT2D eigenvalue weighted by atomic mass is 19.1. The monoisotopic (exact) mass is 414 g/mol. The van der Waals surface area contributed by atoms with E-state index in [0.29, 0.717) is 0 Å². The zero-order valence-electron chi connectivity index (χ0n) is 15.1. The number of halogens is 3. The lowest BCUT2D eigenvalue weighted by atomic mass is 9.60. The molecule has 3 aromatic rings. The predicted octanol–water partition coefficient (Wildman–Crippen LogP) is 0.770. The first-order chi connectivity index (χ1) is 14.4. The Bertz CT molecular complexity index is 899. The van der Waals surface area contributed by atoms with Crippen molar-refractivity contribution in [1.82, 2.24) is 0 Å². The van der Waals surface area contributed by atoms with Crippen LogP contribution < -0.4 is 16.4 Å². The van der Waals surface area contributed by atoms with Crippen molar-refractivity contribution >= 4 is 37.7 Å². The number of hydrogen-bond acceptors (Lipinski definition) is 6. The molecule has 0 atom stereocenters. The first kappa shape index (κ1) is 20.2. The number of phenolic OH excluding ortho intramolecular Hbond substituents is 3. The Morgan fingerprint density at radius 2 is 0.767 bits per heavy atom. The van der Waals surface area contributed by atoms with E-state index in [4.69, 9.17) is 13.7 Å². The number of rotatable bonds is 3. The molecule has 150 valence electrons. The maximum absolute atomic E-state index is 14.4. The molecule has 0 spiro atoms. The van der Waals surface area contributed by atoms with Crippen molar-refractivity contribution in [2.24, 2.45) is 0 Å². The van der Waals surface area contributed by atoms with Crippen LogP contribution in [-0.2, 0) is 13.7 Å². The SMILES string of the molecule is Oc1cccc(F)c1B1OB(c2c(O)cccc2F)OB(c2c(O)cccc2F)O1. The molecular weight excluding hydrogens is 402 g/mol. The molecule has 0 radical (unpaired) electrons. The summed E-state index contributed by atoms with van der Waals surface area (Å²) < 4.78 is 59.6. The molecule has 1 saturated heterocycles. The van der Waals surface area contributed by atoms with Gasteiger partial charge in [0.05, 0.1) is 16.4 Å². The van der Waals surface area contributed by atoms with Gasteiger partial charge in [0.25, 0.3) is 0 Å². The summed E-state index contributed by atoms with van der Waals surface area (Å²) in [6.07, 6.45) is 0. The second-order valence-corrected chi connectivity index (χ2v) is 6.42. The highest BCUT2D eigenvalue weighted by Gasteiger charge is 2.48. The Hall–Kier alpha value is -3.08. The van der Waals surface area contributed by atoms with Gasteiger partial charge in [-0.2, -0.15) is 0 Å². The molecule has 1 heterocycles. The molecule has 0 unspecified atom stereocenters. The van der Waals surface area contributed by atoms with Gasteiger partial charge in [-0.05, 0) is 36.4 Å². The van der Waals surface area contributed by atoms with Crippen LogP contribution >= 0.6 is 0 Å². The van der Waals surface area contributed by atoms with Crippen LogP contribution in [0.4, 0.5) is 13.2 Å². The maximum atomic E-state index is 14.4. The quantitative estimate of drug-likeness (QED) is 0.550. The van der Waals surface area contributed by atoms with Gasteiger partial charge in [0.2, 0.25) is 0 Å². The van der Waals surface area contributed by atoms with Crippen LogP contribution in [0, 0.1) is 17.5 Å². The van der Waals surface area contributed by atoms with E-state index >= 15 is 0 Å². The fourth-order valence-electron chi connectivity index (χ4n) is 3.12. The van der Waals surface area contributed by atoms with Crippen LogP contribution in [0.15, 0.2) is 54.6 Å². The van der Waals surface area contributed by atoms with Crippen molar-refractivity contribution < 1.29 is 42.2 Å². The molecule has 0 amide bonds.